The molecule has 0 spiro atoms. The molecule has 0 radical (unpaired) electrons. The molecule has 1 aliphatic heterocycles. The molecule has 144 valence electrons. The second kappa shape index (κ2) is 6.49. The third-order valence-corrected chi connectivity index (χ3v) is 5.72. The lowest BCUT2D eigenvalue weighted by Gasteiger charge is -2.10. The minimum absolute atomic E-state index is 0.153. The molecule has 28 heavy (non-hydrogen) atoms. The van der Waals surface area contributed by atoms with Gasteiger partial charge in [-0.15, -0.1) is 0 Å². The zero-order chi connectivity index (χ0) is 19.3. The molecular weight excluding hydrogens is 358 g/mol. The first kappa shape index (κ1) is 17.0. The summed E-state index contributed by atoms with van der Waals surface area (Å²) in [5, 5.41) is 11.1. The van der Waals surface area contributed by atoms with Gasteiger partial charge in [-0.05, 0) is 17.0 Å². The highest BCUT2D eigenvalue weighted by Crippen LogP contribution is 2.44. The zero-order valence-electron chi connectivity index (χ0n) is 15.4. The molecular formula is C20H21N5O3. The van der Waals surface area contributed by atoms with Crippen molar-refractivity contribution >= 4 is 22.7 Å². The predicted molar refractivity (Wildman–Crippen MR) is 102 cm³/mol. The van der Waals surface area contributed by atoms with Crippen molar-refractivity contribution in [2.24, 2.45) is 11.8 Å². The highest BCUT2D eigenvalue weighted by Gasteiger charge is 2.55. The quantitative estimate of drug-likeness (QED) is 0.619. The molecule has 2 amide bonds. The predicted octanol–water partition coefficient (Wildman–Crippen LogP) is 1.15. The summed E-state index contributed by atoms with van der Waals surface area (Å²) in [6, 6.07) is 9.69. The van der Waals surface area contributed by atoms with E-state index < -0.39 is 0 Å². The molecule has 1 saturated carbocycles. The van der Waals surface area contributed by atoms with Crippen molar-refractivity contribution in [2.45, 2.75) is 12.6 Å². The smallest absolute Gasteiger partial charge is 0.271 e. The summed E-state index contributed by atoms with van der Waals surface area (Å²) in [5.74, 6) is 0.293. The van der Waals surface area contributed by atoms with Crippen LogP contribution in [0.15, 0.2) is 36.5 Å². The fraction of sp³-hybridized carbons (Fsp3) is 0.350. The number of nitrogens with one attached hydrogen (secondary N) is 3. The number of aromatic nitrogens is 3. The number of ether oxygens (including phenoxy) is 1. The molecule has 0 bridgehead atoms. The van der Waals surface area contributed by atoms with Gasteiger partial charge in [0.25, 0.3) is 11.8 Å². The summed E-state index contributed by atoms with van der Waals surface area (Å²) in [6.07, 6.45) is 1.88. The standard InChI is InChI=1S/C20H21N5O3/c1-21-19(26)15-7-16(20(27)23-18-13-9-28-10-14(13)18)25(24-15)8-12-4-2-3-11-5-6-22-17(11)12/h2-7,13-14,18,22H,8-10H2,1H3,(H,21,26)(H,23,27)/t13-,14+,18?. The first-order valence-electron chi connectivity index (χ1n) is 9.39. The first-order valence-corrected chi connectivity index (χ1v) is 9.39. The van der Waals surface area contributed by atoms with Gasteiger partial charge in [-0.1, -0.05) is 18.2 Å². The van der Waals surface area contributed by atoms with Crippen LogP contribution >= 0.6 is 0 Å². The molecule has 8 nitrogen and oxygen atoms in total. The summed E-state index contributed by atoms with van der Waals surface area (Å²) in [4.78, 5) is 28.2. The molecule has 3 heterocycles. The second-order valence-electron chi connectivity index (χ2n) is 7.38. The van der Waals surface area contributed by atoms with Crippen LogP contribution in [0.2, 0.25) is 0 Å². The van der Waals surface area contributed by atoms with Crippen molar-refractivity contribution in [3.05, 3.63) is 53.5 Å². The molecule has 8 heteroatoms. The fourth-order valence-electron chi connectivity index (χ4n) is 4.08. The number of hydrogen-bond acceptors (Lipinski definition) is 4. The lowest BCUT2D eigenvalue weighted by atomic mass is 10.1. The Morgan fingerprint density at radius 3 is 2.86 bits per heavy atom. The van der Waals surface area contributed by atoms with E-state index in [0.717, 1.165) is 16.5 Å². The van der Waals surface area contributed by atoms with Gasteiger partial charge < -0.3 is 20.4 Å². The Kier molecular flexibility index (Phi) is 3.94. The molecule has 2 aromatic heterocycles. The second-order valence-corrected chi connectivity index (χ2v) is 7.38. The first-order chi connectivity index (χ1) is 13.7. The Morgan fingerprint density at radius 1 is 1.25 bits per heavy atom. The van der Waals surface area contributed by atoms with E-state index >= 15 is 0 Å². The number of carbonyl (C=O) groups excluding carboxylic acids is 2. The maximum atomic E-state index is 12.9. The number of carbonyl (C=O) groups is 2. The van der Waals surface area contributed by atoms with Crippen molar-refractivity contribution in [2.75, 3.05) is 20.3 Å². The zero-order valence-corrected chi connectivity index (χ0v) is 15.4. The molecule has 1 saturated heterocycles. The lowest BCUT2D eigenvalue weighted by Crippen LogP contribution is -2.31. The van der Waals surface area contributed by atoms with Gasteiger partial charge in [-0.25, -0.2) is 0 Å². The maximum absolute atomic E-state index is 12.9. The summed E-state index contributed by atoms with van der Waals surface area (Å²) < 4.78 is 6.99. The van der Waals surface area contributed by atoms with Gasteiger partial charge in [-0.2, -0.15) is 5.10 Å². The SMILES string of the molecule is CNC(=O)c1cc(C(=O)NC2[C@H]3COC[C@@H]23)n(Cc2cccc3cc[nH]c23)n1. The third kappa shape index (κ3) is 2.77. The van der Waals surface area contributed by atoms with Crippen molar-refractivity contribution in [3.8, 4) is 0 Å². The third-order valence-electron chi connectivity index (χ3n) is 5.72. The monoisotopic (exact) mass is 379 g/mol. The van der Waals surface area contributed by atoms with Crippen molar-refractivity contribution in [1.29, 1.82) is 0 Å². The number of amides is 2. The van der Waals surface area contributed by atoms with Crippen molar-refractivity contribution in [1.82, 2.24) is 25.4 Å². The van der Waals surface area contributed by atoms with Crippen LogP contribution in [0.25, 0.3) is 10.9 Å². The Hall–Kier alpha value is -3.13. The summed E-state index contributed by atoms with van der Waals surface area (Å²) >= 11 is 0. The number of H-pyrrole nitrogens is 1. The minimum Gasteiger partial charge on any atom is -0.381 e. The Balaban J connectivity index is 1.45. The molecule has 1 aliphatic carbocycles. The van der Waals surface area contributed by atoms with Crippen LogP contribution in [-0.2, 0) is 11.3 Å². The molecule has 3 N–H and O–H groups in total. The number of fused-ring (bicyclic) bond motifs is 2. The summed E-state index contributed by atoms with van der Waals surface area (Å²) in [7, 11) is 1.55. The fourth-order valence-corrected chi connectivity index (χ4v) is 4.08. The minimum atomic E-state index is -0.317. The molecule has 3 atom stereocenters. The number of aromatic amines is 1. The number of benzene rings is 1. The van der Waals surface area contributed by atoms with E-state index in [1.54, 1.807) is 17.8 Å². The van der Waals surface area contributed by atoms with Gasteiger partial charge >= 0.3 is 0 Å². The van der Waals surface area contributed by atoms with Crippen LogP contribution in [0, 0.1) is 11.8 Å². The van der Waals surface area contributed by atoms with Gasteiger partial charge in [-0.3, -0.25) is 14.3 Å². The van der Waals surface area contributed by atoms with E-state index in [1.165, 1.54) is 0 Å². The van der Waals surface area contributed by atoms with Crippen LogP contribution in [0.3, 0.4) is 0 Å². The van der Waals surface area contributed by atoms with E-state index in [9.17, 15) is 9.59 Å². The van der Waals surface area contributed by atoms with E-state index in [-0.39, 0.29) is 23.6 Å². The molecule has 3 aromatic rings. The van der Waals surface area contributed by atoms with E-state index in [1.807, 2.05) is 30.5 Å². The van der Waals surface area contributed by atoms with Crippen molar-refractivity contribution in [3.63, 3.8) is 0 Å². The average molecular weight is 379 g/mol. The number of nitrogens with zero attached hydrogens (tertiary/aromatic N) is 2. The van der Waals surface area contributed by atoms with Gasteiger partial charge in [0.2, 0.25) is 0 Å². The highest BCUT2D eigenvalue weighted by molar-refractivity contribution is 5.98. The Morgan fingerprint density at radius 2 is 2.07 bits per heavy atom. The molecule has 1 unspecified atom stereocenters. The van der Waals surface area contributed by atoms with Crippen molar-refractivity contribution < 1.29 is 14.3 Å². The molecule has 2 aliphatic rings. The van der Waals surface area contributed by atoms with Gasteiger partial charge in [0.1, 0.15) is 5.69 Å². The Labute approximate surface area is 161 Å². The van der Waals surface area contributed by atoms with Gasteiger partial charge in [0.05, 0.1) is 25.3 Å². The number of para-hydroxylation sites is 1. The summed E-state index contributed by atoms with van der Waals surface area (Å²) in [5.41, 5.74) is 2.61. The normalized spacial score (nSPS) is 22.8. The van der Waals surface area contributed by atoms with Gasteiger partial charge in [0.15, 0.2) is 5.69 Å². The van der Waals surface area contributed by atoms with Crippen LogP contribution < -0.4 is 10.6 Å². The summed E-state index contributed by atoms with van der Waals surface area (Å²) in [6.45, 7) is 1.79. The van der Waals surface area contributed by atoms with E-state index in [2.05, 4.69) is 20.7 Å². The lowest BCUT2D eigenvalue weighted by molar-refractivity contribution is 0.0917. The van der Waals surface area contributed by atoms with E-state index in [0.29, 0.717) is 37.3 Å². The van der Waals surface area contributed by atoms with Crippen LogP contribution in [0.4, 0.5) is 0 Å². The van der Waals surface area contributed by atoms with Crippen LogP contribution in [0.5, 0.6) is 0 Å². The average Bonchev–Trinajstić information content (AvgIpc) is 3.22. The van der Waals surface area contributed by atoms with Crippen LogP contribution in [-0.4, -0.2) is 52.9 Å². The molecule has 1 aromatic carbocycles. The largest absolute Gasteiger partial charge is 0.381 e. The Bertz CT molecular complexity index is 1060. The maximum Gasteiger partial charge on any atom is 0.271 e. The van der Waals surface area contributed by atoms with Crippen LogP contribution in [0.1, 0.15) is 26.5 Å². The van der Waals surface area contributed by atoms with Gasteiger partial charge in [0, 0.05) is 37.2 Å². The van der Waals surface area contributed by atoms with E-state index in [4.69, 9.17) is 4.74 Å². The molecule has 2 fully saturated rings. The number of rotatable bonds is 5. The number of hydrogen-bond donors (Lipinski definition) is 3. The highest BCUT2D eigenvalue weighted by atomic mass is 16.5. The topological polar surface area (TPSA) is 101 Å². The molecule has 5 rings (SSSR count).